The van der Waals surface area contributed by atoms with Crippen molar-refractivity contribution in [1.29, 1.82) is 5.26 Å². The molecule has 1 rings (SSSR count). The third kappa shape index (κ3) is 3.36. The SMILES string of the molecule is N#Cc1ccc(NC(=O)CCl)cc1C(F)(F)F. The minimum absolute atomic E-state index is 0.0537. The Bertz CT molecular complexity index is 479. The highest BCUT2D eigenvalue weighted by atomic mass is 35.5. The van der Waals surface area contributed by atoms with Gasteiger partial charge in [0.1, 0.15) is 5.88 Å². The zero-order valence-electron chi connectivity index (χ0n) is 8.31. The first-order valence-corrected chi connectivity index (χ1v) is 4.89. The minimum atomic E-state index is -4.65. The lowest BCUT2D eigenvalue weighted by Crippen LogP contribution is -2.14. The van der Waals surface area contributed by atoms with Crippen molar-refractivity contribution in [1.82, 2.24) is 0 Å². The molecule has 1 aromatic rings. The number of hydrogen-bond donors (Lipinski definition) is 1. The van der Waals surface area contributed by atoms with Gasteiger partial charge in [-0.2, -0.15) is 18.4 Å². The predicted octanol–water partition coefficient (Wildman–Crippen LogP) is 2.75. The molecule has 0 aliphatic carbocycles. The molecule has 3 nitrogen and oxygen atoms in total. The van der Waals surface area contributed by atoms with E-state index in [2.05, 4.69) is 5.32 Å². The van der Waals surface area contributed by atoms with Crippen LogP contribution in [0.2, 0.25) is 0 Å². The summed E-state index contributed by atoms with van der Waals surface area (Å²) in [5.41, 5.74) is -1.64. The molecule has 0 saturated carbocycles. The number of benzene rings is 1. The van der Waals surface area contributed by atoms with E-state index in [0.717, 1.165) is 6.07 Å². The third-order valence-electron chi connectivity index (χ3n) is 1.85. The van der Waals surface area contributed by atoms with E-state index >= 15 is 0 Å². The lowest BCUT2D eigenvalue weighted by atomic mass is 10.1. The van der Waals surface area contributed by atoms with Gasteiger partial charge in [0.2, 0.25) is 5.91 Å². The van der Waals surface area contributed by atoms with E-state index in [1.165, 1.54) is 12.1 Å². The molecule has 0 heterocycles. The number of anilines is 1. The average Bonchev–Trinajstić information content (AvgIpc) is 2.27. The van der Waals surface area contributed by atoms with E-state index < -0.39 is 23.2 Å². The average molecular weight is 263 g/mol. The zero-order chi connectivity index (χ0) is 13.1. The van der Waals surface area contributed by atoms with E-state index in [9.17, 15) is 18.0 Å². The fourth-order valence-electron chi connectivity index (χ4n) is 1.15. The Labute approximate surface area is 99.8 Å². The summed E-state index contributed by atoms with van der Waals surface area (Å²) in [6, 6.07) is 4.33. The maximum Gasteiger partial charge on any atom is 0.417 e. The molecule has 7 heteroatoms. The second-order valence-electron chi connectivity index (χ2n) is 3.05. The van der Waals surface area contributed by atoms with E-state index in [1.54, 1.807) is 0 Å². The van der Waals surface area contributed by atoms with Crippen LogP contribution < -0.4 is 5.32 Å². The number of carbonyl (C=O) groups excluding carboxylic acids is 1. The molecule has 1 aromatic carbocycles. The van der Waals surface area contributed by atoms with Crippen LogP contribution in [0.3, 0.4) is 0 Å². The summed E-state index contributed by atoms with van der Waals surface area (Å²) in [7, 11) is 0. The molecular formula is C10H6ClF3N2O. The van der Waals surface area contributed by atoms with Gasteiger partial charge in [0.25, 0.3) is 0 Å². The van der Waals surface area contributed by atoms with Gasteiger partial charge in [-0.3, -0.25) is 4.79 Å². The molecule has 0 radical (unpaired) electrons. The molecule has 0 unspecified atom stereocenters. The number of nitriles is 1. The van der Waals surface area contributed by atoms with E-state index in [1.807, 2.05) is 0 Å². The molecule has 17 heavy (non-hydrogen) atoms. The van der Waals surface area contributed by atoms with Crippen molar-refractivity contribution < 1.29 is 18.0 Å². The van der Waals surface area contributed by atoms with Gasteiger partial charge in [0.05, 0.1) is 17.2 Å². The molecule has 0 bridgehead atoms. The summed E-state index contributed by atoms with van der Waals surface area (Å²) in [6.07, 6.45) is -4.65. The van der Waals surface area contributed by atoms with Gasteiger partial charge in [-0.1, -0.05) is 0 Å². The van der Waals surface area contributed by atoms with Crippen LogP contribution in [0.15, 0.2) is 18.2 Å². The van der Waals surface area contributed by atoms with Crippen LogP contribution in [0.25, 0.3) is 0 Å². The van der Waals surface area contributed by atoms with Crippen LogP contribution in [0, 0.1) is 11.3 Å². The first-order valence-electron chi connectivity index (χ1n) is 4.35. The number of hydrogen-bond acceptors (Lipinski definition) is 2. The van der Waals surface area contributed by atoms with Crippen LogP contribution >= 0.6 is 11.6 Å². The van der Waals surface area contributed by atoms with Crippen LogP contribution in [-0.2, 0) is 11.0 Å². The molecule has 0 fully saturated rings. The van der Waals surface area contributed by atoms with Crippen LogP contribution in [-0.4, -0.2) is 11.8 Å². The number of rotatable bonds is 2. The molecular weight excluding hydrogens is 257 g/mol. The minimum Gasteiger partial charge on any atom is -0.325 e. The second-order valence-corrected chi connectivity index (χ2v) is 3.32. The molecule has 0 atom stereocenters. The van der Waals surface area contributed by atoms with Crippen LogP contribution in [0.5, 0.6) is 0 Å². The summed E-state index contributed by atoms with van der Waals surface area (Å²) >= 11 is 5.20. The maximum absolute atomic E-state index is 12.5. The van der Waals surface area contributed by atoms with Crippen molar-refractivity contribution in [2.24, 2.45) is 0 Å². The lowest BCUT2D eigenvalue weighted by molar-refractivity contribution is -0.137. The van der Waals surface area contributed by atoms with Gasteiger partial charge in [0, 0.05) is 5.69 Å². The molecule has 1 N–H and O–H groups in total. The first kappa shape index (κ1) is 13.3. The fourth-order valence-corrected chi connectivity index (χ4v) is 1.22. The molecule has 0 saturated heterocycles. The highest BCUT2D eigenvalue weighted by Gasteiger charge is 2.33. The number of amides is 1. The number of nitrogens with one attached hydrogen (secondary N) is 1. The first-order chi connectivity index (χ1) is 7.88. The van der Waals surface area contributed by atoms with Crippen molar-refractivity contribution >= 4 is 23.2 Å². The van der Waals surface area contributed by atoms with Gasteiger partial charge < -0.3 is 5.32 Å². The molecule has 90 valence electrons. The normalized spacial score (nSPS) is 10.8. The highest BCUT2D eigenvalue weighted by Crippen LogP contribution is 2.33. The Hall–Kier alpha value is -1.74. The van der Waals surface area contributed by atoms with Gasteiger partial charge in [-0.15, -0.1) is 11.6 Å². The topological polar surface area (TPSA) is 52.9 Å². The third-order valence-corrected chi connectivity index (χ3v) is 2.09. The molecule has 0 aromatic heterocycles. The number of halogens is 4. The fraction of sp³-hybridized carbons (Fsp3) is 0.200. The Balaban J connectivity index is 3.15. The Kier molecular flexibility index (Phi) is 3.97. The summed E-state index contributed by atoms with van der Waals surface area (Å²) in [4.78, 5) is 10.9. The number of nitrogens with zero attached hydrogens (tertiary/aromatic N) is 1. The van der Waals surface area contributed by atoms with Gasteiger partial charge in [-0.05, 0) is 18.2 Å². The van der Waals surface area contributed by atoms with E-state index in [-0.39, 0.29) is 11.6 Å². The van der Waals surface area contributed by atoms with Crippen molar-refractivity contribution in [3.8, 4) is 6.07 Å². The summed E-state index contributed by atoms with van der Waals surface area (Å²) in [5.74, 6) is -0.981. The van der Waals surface area contributed by atoms with Crippen molar-refractivity contribution in [3.63, 3.8) is 0 Å². The summed E-state index contributed by atoms with van der Waals surface area (Å²) in [5, 5.41) is 10.7. The zero-order valence-corrected chi connectivity index (χ0v) is 9.06. The van der Waals surface area contributed by atoms with Gasteiger partial charge in [-0.25, -0.2) is 0 Å². The smallest absolute Gasteiger partial charge is 0.325 e. The van der Waals surface area contributed by atoms with Crippen molar-refractivity contribution in [3.05, 3.63) is 29.3 Å². The molecule has 1 amide bonds. The van der Waals surface area contributed by atoms with Gasteiger partial charge >= 0.3 is 6.18 Å². The monoisotopic (exact) mass is 262 g/mol. The van der Waals surface area contributed by atoms with Crippen molar-refractivity contribution in [2.75, 3.05) is 11.2 Å². The Morgan fingerprint density at radius 2 is 2.12 bits per heavy atom. The van der Waals surface area contributed by atoms with Gasteiger partial charge in [0.15, 0.2) is 0 Å². The number of alkyl halides is 4. The molecule has 0 spiro atoms. The summed E-state index contributed by atoms with van der Waals surface area (Å²) < 4.78 is 37.6. The van der Waals surface area contributed by atoms with Crippen LogP contribution in [0.1, 0.15) is 11.1 Å². The van der Waals surface area contributed by atoms with Crippen molar-refractivity contribution in [2.45, 2.75) is 6.18 Å². The predicted molar refractivity (Wildman–Crippen MR) is 55.5 cm³/mol. The van der Waals surface area contributed by atoms with Crippen LogP contribution in [0.4, 0.5) is 18.9 Å². The maximum atomic E-state index is 12.5. The largest absolute Gasteiger partial charge is 0.417 e. The van der Waals surface area contributed by atoms with E-state index in [0.29, 0.717) is 6.07 Å². The van der Waals surface area contributed by atoms with E-state index in [4.69, 9.17) is 16.9 Å². The second kappa shape index (κ2) is 5.06. The Morgan fingerprint density at radius 1 is 1.47 bits per heavy atom. The molecule has 0 aliphatic rings. The summed E-state index contributed by atoms with van der Waals surface area (Å²) in [6.45, 7) is 0. The molecule has 0 aliphatic heterocycles. The Morgan fingerprint density at radius 3 is 2.59 bits per heavy atom. The lowest BCUT2D eigenvalue weighted by Gasteiger charge is -2.11. The number of carbonyl (C=O) groups is 1. The quantitative estimate of drug-likeness (QED) is 0.833. The highest BCUT2D eigenvalue weighted by molar-refractivity contribution is 6.29. The standard InChI is InChI=1S/C10H6ClF3N2O/c11-4-9(17)16-7-2-1-6(5-15)8(3-7)10(12,13)14/h1-3H,4H2,(H,16,17).